The first-order valence-corrected chi connectivity index (χ1v) is 9.00. The van der Waals surface area contributed by atoms with Gasteiger partial charge in [-0.2, -0.15) is 4.98 Å². The molecule has 0 unspecified atom stereocenters. The lowest BCUT2D eigenvalue weighted by molar-refractivity contribution is 0.573. The van der Waals surface area contributed by atoms with Gasteiger partial charge in [0.1, 0.15) is 0 Å². The van der Waals surface area contributed by atoms with Crippen molar-refractivity contribution >= 4 is 28.9 Å². The van der Waals surface area contributed by atoms with Crippen LogP contribution in [0.15, 0.2) is 9.95 Å². The summed E-state index contributed by atoms with van der Waals surface area (Å²) in [4.78, 5) is 26.9. The molecule has 0 radical (unpaired) electrons. The van der Waals surface area contributed by atoms with Crippen molar-refractivity contribution in [2.45, 2.75) is 37.7 Å². The molecule has 0 aliphatic carbocycles. The highest BCUT2D eigenvalue weighted by atomic mass is 32.2. The van der Waals surface area contributed by atoms with Gasteiger partial charge in [-0.25, -0.2) is 4.98 Å². The van der Waals surface area contributed by atoms with Crippen molar-refractivity contribution < 1.29 is 0 Å². The van der Waals surface area contributed by atoms with Gasteiger partial charge in [0.25, 0.3) is 5.56 Å². The van der Waals surface area contributed by atoms with Crippen molar-refractivity contribution in [1.29, 1.82) is 0 Å². The molecule has 0 aromatic carbocycles. The van der Waals surface area contributed by atoms with Crippen LogP contribution in [0, 0.1) is 11.8 Å². The smallest absolute Gasteiger partial charge is 0.277 e. The Morgan fingerprint density at radius 3 is 2.71 bits per heavy atom. The molecular formula is C16H22N6OS. The van der Waals surface area contributed by atoms with Crippen LogP contribution in [0.4, 0.5) is 5.95 Å². The highest BCUT2D eigenvalue weighted by Gasteiger charge is 2.21. The summed E-state index contributed by atoms with van der Waals surface area (Å²) in [5.41, 5.74) is 0.836. The molecular weight excluding hydrogens is 324 g/mol. The van der Waals surface area contributed by atoms with Crippen molar-refractivity contribution in [1.82, 2.24) is 24.8 Å². The van der Waals surface area contributed by atoms with E-state index in [1.807, 2.05) is 4.57 Å². The first-order chi connectivity index (χ1) is 11.6. The molecule has 2 N–H and O–H groups in total. The molecule has 1 saturated heterocycles. The van der Waals surface area contributed by atoms with Crippen LogP contribution in [0.2, 0.25) is 0 Å². The second kappa shape index (κ2) is 7.28. The summed E-state index contributed by atoms with van der Waals surface area (Å²) in [6.07, 6.45) is 0. The Labute approximate surface area is 145 Å². The normalized spacial score (nSPS) is 14.9. The summed E-state index contributed by atoms with van der Waals surface area (Å²) >= 11 is 1.53. The average Bonchev–Trinajstić information content (AvgIpc) is 2.92. The summed E-state index contributed by atoms with van der Waals surface area (Å²) < 4.78 is 1.88. The molecule has 0 saturated carbocycles. The number of nitrogens with zero attached hydrogens (tertiary/aromatic N) is 4. The number of imidazole rings is 1. The van der Waals surface area contributed by atoms with Crippen molar-refractivity contribution in [2.75, 3.05) is 31.1 Å². The van der Waals surface area contributed by atoms with Gasteiger partial charge in [0.2, 0.25) is 5.95 Å². The molecule has 0 spiro atoms. The predicted molar refractivity (Wildman–Crippen MR) is 97.7 cm³/mol. The van der Waals surface area contributed by atoms with Crippen LogP contribution in [-0.2, 0) is 6.54 Å². The van der Waals surface area contributed by atoms with Crippen LogP contribution in [0.5, 0.6) is 0 Å². The third-order valence-electron chi connectivity index (χ3n) is 3.73. The number of hydrogen-bond donors (Lipinski definition) is 2. The Hall–Kier alpha value is -1.98. The van der Waals surface area contributed by atoms with E-state index in [1.165, 1.54) is 11.8 Å². The van der Waals surface area contributed by atoms with Crippen molar-refractivity contribution in [2.24, 2.45) is 0 Å². The number of hydrogen-bond acceptors (Lipinski definition) is 6. The molecule has 1 aliphatic rings. The molecule has 3 heterocycles. The number of aromatic amines is 1. The number of anilines is 1. The summed E-state index contributed by atoms with van der Waals surface area (Å²) in [5.74, 6) is 6.71. The van der Waals surface area contributed by atoms with Gasteiger partial charge in [-0.05, 0) is 6.92 Å². The maximum absolute atomic E-state index is 12.6. The average molecular weight is 346 g/mol. The van der Waals surface area contributed by atoms with Gasteiger partial charge in [-0.1, -0.05) is 31.5 Å². The van der Waals surface area contributed by atoms with Gasteiger partial charge in [0.15, 0.2) is 16.3 Å². The first kappa shape index (κ1) is 16.9. The van der Waals surface area contributed by atoms with Gasteiger partial charge in [-0.15, -0.1) is 5.92 Å². The third-order valence-corrected chi connectivity index (χ3v) is 4.62. The minimum Gasteiger partial charge on any atom is -0.340 e. The molecule has 0 bridgehead atoms. The Kier molecular flexibility index (Phi) is 5.11. The number of H-pyrrole nitrogens is 1. The van der Waals surface area contributed by atoms with Crippen LogP contribution in [-0.4, -0.2) is 50.9 Å². The molecule has 3 rings (SSSR count). The minimum atomic E-state index is -0.157. The highest BCUT2D eigenvalue weighted by molar-refractivity contribution is 7.99. The standard InChI is InChI=1S/C16H22N6OS/c1-4-5-8-22-12-13(18-15(20-14(12)23)24-11(2)3)19-16(22)21-9-6-17-7-10-21/h11,17H,6-10H2,1-3H3,(H,18,20,23). The lowest BCUT2D eigenvalue weighted by Crippen LogP contribution is -2.44. The molecule has 8 heteroatoms. The number of fused-ring (bicyclic) bond motifs is 1. The van der Waals surface area contributed by atoms with E-state index >= 15 is 0 Å². The molecule has 0 amide bonds. The fraction of sp³-hybridized carbons (Fsp3) is 0.562. The third kappa shape index (κ3) is 3.42. The SMILES string of the molecule is CC#CCn1c(N2CCNCC2)nc2nc(SC(C)C)[nH]c(=O)c21. The quantitative estimate of drug-likeness (QED) is 0.489. The zero-order chi connectivity index (χ0) is 17.1. The molecule has 1 fully saturated rings. The van der Waals surface area contributed by atoms with E-state index in [-0.39, 0.29) is 5.56 Å². The van der Waals surface area contributed by atoms with Crippen molar-refractivity contribution in [3.63, 3.8) is 0 Å². The number of thioether (sulfide) groups is 1. The van der Waals surface area contributed by atoms with E-state index in [1.54, 1.807) is 6.92 Å². The first-order valence-electron chi connectivity index (χ1n) is 8.12. The van der Waals surface area contributed by atoms with Crippen LogP contribution in [0.1, 0.15) is 20.8 Å². The van der Waals surface area contributed by atoms with Crippen LogP contribution in [0.25, 0.3) is 11.2 Å². The van der Waals surface area contributed by atoms with Crippen LogP contribution < -0.4 is 15.8 Å². The van der Waals surface area contributed by atoms with E-state index in [9.17, 15) is 4.79 Å². The molecule has 128 valence electrons. The number of rotatable bonds is 4. The van der Waals surface area contributed by atoms with Gasteiger partial charge < -0.3 is 10.2 Å². The monoisotopic (exact) mass is 346 g/mol. The lowest BCUT2D eigenvalue weighted by atomic mass is 10.4. The maximum atomic E-state index is 12.6. The Morgan fingerprint density at radius 2 is 2.04 bits per heavy atom. The van der Waals surface area contributed by atoms with E-state index in [0.717, 1.165) is 32.1 Å². The largest absolute Gasteiger partial charge is 0.340 e. The fourth-order valence-electron chi connectivity index (χ4n) is 2.70. The van der Waals surface area contributed by atoms with Gasteiger partial charge in [0, 0.05) is 31.4 Å². The van der Waals surface area contributed by atoms with E-state index < -0.39 is 0 Å². The van der Waals surface area contributed by atoms with Crippen molar-refractivity contribution in [3.8, 4) is 11.8 Å². The van der Waals surface area contributed by atoms with Gasteiger partial charge in [0.05, 0.1) is 6.54 Å². The molecule has 1 aliphatic heterocycles. The summed E-state index contributed by atoms with van der Waals surface area (Å²) in [6.45, 7) is 9.88. The second-order valence-electron chi connectivity index (χ2n) is 5.87. The van der Waals surface area contributed by atoms with E-state index in [4.69, 9.17) is 0 Å². The van der Waals surface area contributed by atoms with Gasteiger partial charge in [-0.3, -0.25) is 14.3 Å². The molecule has 7 nitrogen and oxygen atoms in total. The second-order valence-corrected chi connectivity index (χ2v) is 7.44. The topological polar surface area (TPSA) is 78.8 Å². The Balaban J connectivity index is 2.12. The minimum absolute atomic E-state index is 0.157. The maximum Gasteiger partial charge on any atom is 0.277 e. The number of aromatic nitrogens is 4. The molecule has 24 heavy (non-hydrogen) atoms. The highest BCUT2D eigenvalue weighted by Crippen LogP contribution is 2.23. The Bertz CT molecular complexity index is 838. The van der Waals surface area contributed by atoms with Crippen LogP contribution >= 0.6 is 11.8 Å². The predicted octanol–water partition coefficient (Wildman–Crippen LogP) is 1.05. The van der Waals surface area contributed by atoms with Crippen molar-refractivity contribution in [3.05, 3.63) is 10.4 Å². The zero-order valence-corrected chi connectivity index (χ0v) is 15.0. The van der Waals surface area contributed by atoms with Gasteiger partial charge >= 0.3 is 0 Å². The summed E-state index contributed by atoms with van der Waals surface area (Å²) in [6, 6.07) is 0. The van der Waals surface area contributed by atoms with E-state index in [2.05, 4.69) is 50.9 Å². The lowest BCUT2D eigenvalue weighted by Gasteiger charge is -2.28. The molecule has 0 atom stereocenters. The summed E-state index contributed by atoms with van der Waals surface area (Å²) in [5, 5.41) is 4.28. The zero-order valence-electron chi connectivity index (χ0n) is 14.2. The number of piperazine rings is 1. The number of nitrogens with one attached hydrogen (secondary N) is 2. The Morgan fingerprint density at radius 1 is 1.29 bits per heavy atom. The van der Waals surface area contributed by atoms with Crippen LogP contribution in [0.3, 0.4) is 0 Å². The molecule has 2 aromatic heterocycles. The molecule has 2 aromatic rings. The fourth-order valence-corrected chi connectivity index (χ4v) is 3.44. The summed E-state index contributed by atoms with van der Waals surface area (Å²) in [7, 11) is 0. The van der Waals surface area contributed by atoms with E-state index in [0.29, 0.717) is 28.1 Å².